The molecule has 1 heterocycles. The first-order chi connectivity index (χ1) is 7.99. The number of hydrogen-bond acceptors (Lipinski definition) is 4. The lowest BCUT2D eigenvalue weighted by Crippen LogP contribution is -2.34. The summed E-state index contributed by atoms with van der Waals surface area (Å²) in [7, 11) is -3.35. The van der Waals surface area contributed by atoms with Crippen LogP contribution < -0.4 is 4.72 Å². The van der Waals surface area contributed by atoms with Gasteiger partial charge < -0.3 is 9.84 Å². The van der Waals surface area contributed by atoms with E-state index in [4.69, 9.17) is 9.84 Å². The summed E-state index contributed by atoms with van der Waals surface area (Å²) >= 11 is 0. The third kappa shape index (κ3) is 6.60. The van der Waals surface area contributed by atoms with Gasteiger partial charge in [0.25, 0.3) is 0 Å². The Balaban J connectivity index is 2.21. The number of aliphatic carboxylic acids is 1. The zero-order valence-corrected chi connectivity index (χ0v) is 10.5. The Morgan fingerprint density at radius 3 is 2.82 bits per heavy atom. The van der Waals surface area contributed by atoms with Gasteiger partial charge in [-0.1, -0.05) is 0 Å². The molecule has 7 heteroatoms. The van der Waals surface area contributed by atoms with Gasteiger partial charge in [0.1, 0.15) is 0 Å². The fourth-order valence-corrected chi connectivity index (χ4v) is 2.86. The summed E-state index contributed by atoms with van der Waals surface area (Å²) in [5.41, 5.74) is 0. The Hall–Kier alpha value is -0.660. The smallest absolute Gasteiger partial charge is 0.303 e. The van der Waals surface area contributed by atoms with Crippen LogP contribution in [0.5, 0.6) is 0 Å². The molecule has 1 aliphatic heterocycles. The van der Waals surface area contributed by atoms with Crippen molar-refractivity contribution in [3.8, 4) is 0 Å². The summed E-state index contributed by atoms with van der Waals surface area (Å²) in [5, 5.41) is 8.41. The molecule has 6 nitrogen and oxygen atoms in total. The quantitative estimate of drug-likeness (QED) is 0.686. The molecule has 1 saturated heterocycles. The fraction of sp³-hybridized carbons (Fsp3) is 0.900. The van der Waals surface area contributed by atoms with Crippen molar-refractivity contribution < 1.29 is 23.1 Å². The van der Waals surface area contributed by atoms with Crippen LogP contribution in [0.1, 0.15) is 25.7 Å². The third-order valence-corrected chi connectivity index (χ3v) is 4.08. The lowest BCUT2D eigenvalue weighted by atomic mass is 10.0. The Labute approximate surface area is 101 Å². The van der Waals surface area contributed by atoms with Crippen molar-refractivity contribution >= 4 is 16.0 Å². The van der Waals surface area contributed by atoms with Gasteiger partial charge in [-0.05, 0) is 25.2 Å². The third-order valence-electron chi connectivity index (χ3n) is 2.65. The van der Waals surface area contributed by atoms with Crippen molar-refractivity contribution in [3.05, 3.63) is 0 Å². The van der Waals surface area contributed by atoms with Gasteiger partial charge in [0.05, 0.1) is 12.4 Å². The number of ether oxygens (including phenoxy) is 1. The Bertz CT molecular complexity index is 335. The van der Waals surface area contributed by atoms with Gasteiger partial charge >= 0.3 is 5.97 Å². The van der Waals surface area contributed by atoms with Crippen molar-refractivity contribution in [2.75, 3.05) is 25.5 Å². The van der Waals surface area contributed by atoms with Crippen LogP contribution in [0.4, 0.5) is 0 Å². The van der Waals surface area contributed by atoms with E-state index in [0.717, 1.165) is 19.4 Å². The van der Waals surface area contributed by atoms with Gasteiger partial charge in [0, 0.05) is 19.6 Å². The Kier molecular flexibility index (Phi) is 5.87. The minimum atomic E-state index is -3.35. The Morgan fingerprint density at radius 2 is 2.24 bits per heavy atom. The van der Waals surface area contributed by atoms with Crippen molar-refractivity contribution in [1.29, 1.82) is 0 Å². The van der Waals surface area contributed by atoms with E-state index in [1.54, 1.807) is 0 Å². The zero-order chi connectivity index (χ0) is 12.7. The number of carboxylic acid groups (broad SMARTS) is 1. The van der Waals surface area contributed by atoms with Crippen LogP contribution in [0.2, 0.25) is 0 Å². The average Bonchev–Trinajstić information content (AvgIpc) is 2.27. The van der Waals surface area contributed by atoms with Crippen molar-refractivity contribution in [2.24, 2.45) is 5.92 Å². The summed E-state index contributed by atoms with van der Waals surface area (Å²) in [6.07, 6.45) is 1.96. The van der Waals surface area contributed by atoms with E-state index in [1.807, 2.05) is 0 Å². The first-order valence-electron chi connectivity index (χ1n) is 5.76. The van der Waals surface area contributed by atoms with Gasteiger partial charge in [-0.3, -0.25) is 4.79 Å². The van der Waals surface area contributed by atoms with Crippen molar-refractivity contribution in [1.82, 2.24) is 4.72 Å². The number of sulfonamides is 1. The summed E-state index contributed by atoms with van der Waals surface area (Å²) in [5.74, 6) is -0.869. The summed E-state index contributed by atoms with van der Waals surface area (Å²) < 4.78 is 30.8. The maximum absolute atomic E-state index is 11.5. The van der Waals surface area contributed by atoms with Crippen LogP contribution in [0.3, 0.4) is 0 Å². The second-order valence-corrected chi connectivity index (χ2v) is 6.17. The monoisotopic (exact) mass is 265 g/mol. The molecule has 100 valence electrons. The normalized spacial score (nSPS) is 21.3. The highest BCUT2D eigenvalue weighted by atomic mass is 32.2. The zero-order valence-electron chi connectivity index (χ0n) is 9.72. The van der Waals surface area contributed by atoms with Crippen LogP contribution in [-0.4, -0.2) is 45.0 Å². The molecular formula is C10H19NO5S. The number of nitrogens with one attached hydrogen (secondary N) is 1. The van der Waals surface area contributed by atoms with Gasteiger partial charge in [0.15, 0.2) is 0 Å². The van der Waals surface area contributed by atoms with E-state index in [0.29, 0.717) is 13.2 Å². The van der Waals surface area contributed by atoms with E-state index in [1.165, 1.54) is 0 Å². The molecule has 0 aromatic carbocycles. The van der Waals surface area contributed by atoms with E-state index in [9.17, 15) is 13.2 Å². The second kappa shape index (κ2) is 6.93. The first-order valence-corrected chi connectivity index (χ1v) is 7.42. The largest absolute Gasteiger partial charge is 0.481 e. The summed E-state index contributed by atoms with van der Waals surface area (Å²) in [4.78, 5) is 10.3. The van der Waals surface area contributed by atoms with Gasteiger partial charge in [-0.2, -0.15) is 0 Å². The topological polar surface area (TPSA) is 92.7 Å². The molecule has 1 fully saturated rings. The molecule has 0 saturated carbocycles. The Morgan fingerprint density at radius 1 is 1.47 bits per heavy atom. The molecular weight excluding hydrogens is 246 g/mol. The summed E-state index contributed by atoms with van der Waals surface area (Å²) in [6.45, 7) is 1.73. The highest BCUT2D eigenvalue weighted by molar-refractivity contribution is 7.89. The van der Waals surface area contributed by atoms with Crippen LogP contribution in [0, 0.1) is 5.92 Å². The highest BCUT2D eigenvalue weighted by Crippen LogP contribution is 2.12. The molecule has 17 heavy (non-hydrogen) atoms. The van der Waals surface area contributed by atoms with Crippen LogP contribution in [0.15, 0.2) is 0 Å². The number of carboxylic acids is 1. The minimum Gasteiger partial charge on any atom is -0.481 e. The molecule has 1 aliphatic rings. The second-order valence-electron chi connectivity index (χ2n) is 4.25. The average molecular weight is 265 g/mol. The van der Waals surface area contributed by atoms with Gasteiger partial charge in [-0.25, -0.2) is 13.1 Å². The molecule has 1 atom stereocenters. The molecule has 1 rings (SSSR count). The minimum absolute atomic E-state index is 0.118. The van der Waals surface area contributed by atoms with Crippen LogP contribution in [-0.2, 0) is 19.6 Å². The van der Waals surface area contributed by atoms with Gasteiger partial charge in [-0.15, -0.1) is 0 Å². The SMILES string of the molecule is O=C(O)CCCS(=O)(=O)NCC1CCCOC1. The number of hydrogen-bond donors (Lipinski definition) is 2. The van der Waals surface area contributed by atoms with Gasteiger partial charge in [0.2, 0.25) is 10.0 Å². The predicted octanol–water partition coefficient (Wildman–Crippen LogP) is 0.197. The molecule has 0 bridgehead atoms. The van der Waals surface area contributed by atoms with Crippen LogP contribution in [0.25, 0.3) is 0 Å². The molecule has 1 unspecified atom stereocenters. The predicted molar refractivity (Wildman–Crippen MR) is 62.2 cm³/mol. The number of carbonyl (C=O) groups is 1. The highest BCUT2D eigenvalue weighted by Gasteiger charge is 2.17. The molecule has 0 spiro atoms. The molecule has 2 N–H and O–H groups in total. The van der Waals surface area contributed by atoms with Crippen LogP contribution >= 0.6 is 0 Å². The van der Waals surface area contributed by atoms with E-state index in [2.05, 4.69) is 4.72 Å². The number of rotatable bonds is 7. The maximum atomic E-state index is 11.5. The maximum Gasteiger partial charge on any atom is 0.303 e. The first kappa shape index (κ1) is 14.4. The molecule has 0 aliphatic carbocycles. The van der Waals surface area contributed by atoms with E-state index < -0.39 is 16.0 Å². The lowest BCUT2D eigenvalue weighted by molar-refractivity contribution is -0.137. The van der Waals surface area contributed by atoms with Crippen molar-refractivity contribution in [3.63, 3.8) is 0 Å². The molecule has 0 amide bonds. The fourth-order valence-electron chi connectivity index (χ4n) is 1.70. The molecule has 0 aromatic heterocycles. The molecule has 0 radical (unpaired) electrons. The lowest BCUT2D eigenvalue weighted by Gasteiger charge is -2.22. The summed E-state index contributed by atoms with van der Waals surface area (Å²) in [6, 6.07) is 0. The van der Waals surface area contributed by atoms with E-state index in [-0.39, 0.29) is 24.5 Å². The standard InChI is InChI=1S/C10H19NO5S/c12-10(13)4-2-6-17(14,15)11-7-9-3-1-5-16-8-9/h9,11H,1-8H2,(H,12,13). The molecule has 0 aromatic rings. The van der Waals surface area contributed by atoms with E-state index >= 15 is 0 Å². The van der Waals surface area contributed by atoms with Crippen molar-refractivity contribution in [2.45, 2.75) is 25.7 Å².